The highest BCUT2D eigenvalue weighted by Gasteiger charge is 2.46. The Morgan fingerprint density at radius 3 is 2.21 bits per heavy atom. The number of quaternary nitrogens is 1. The molecular formula is C29H37FN3O6+. The summed E-state index contributed by atoms with van der Waals surface area (Å²) in [5.74, 6) is 0.142. The molecule has 4 rings (SSSR count). The molecule has 0 saturated carbocycles. The van der Waals surface area contributed by atoms with Crippen molar-refractivity contribution in [1.29, 1.82) is 0 Å². The minimum absolute atomic E-state index is 0.0150. The molecule has 9 nitrogen and oxygen atoms in total. The van der Waals surface area contributed by atoms with Gasteiger partial charge in [-0.3, -0.25) is 9.69 Å². The third-order valence-corrected chi connectivity index (χ3v) is 7.38. The number of nitrogens with two attached hydrogens (primary N) is 1. The molecule has 2 amide bonds. The van der Waals surface area contributed by atoms with E-state index in [4.69, 9.17) is 20.0 Å². The lowest BCUT2D eigenvalue weighted by Gasteiger charge is -2.34. The third kappa shape index (κ3) is 8.00. The summed E-state index contributed by atoms with van der Waals surface area (Å²) in [5.41, 5.74) is 5.85. The Kier molecular flexibility index (Phi) is 9.89. The van der Waals surface area contributed by atoms with Crippen LogP contribution in [0.1, 0.15) is 48.9 Å². The fourth-order valence-corrected chi connectivity index (χ4v) is 5.27. The number of hydrogen-bond acceptors (Lipinski definition) is 7. The van der Waals surface area contributed by atoms with Crippen LogP contribution in [0.15, 0.2) is 54.6 Å². The first kappa shape index (κ1) is 28.5. The van der Waals surface area contributed by atoms with Gasteiger partial charge >= 0.3 is 12.2 Å². The molecular weight excluding hydrogens is 505 g/mol. The summed E-state index contributed by atoms with van der Waals surface area (Å²) in [6, 6.07) is 14.9. The van der Waals surface area contributed by atoms with Gasteiger partial charge in [0.2, 0.25) is 0 Å². The Morgan fingerprint density at radius 1 is 0.949 bits per heavy atom. The summed E-state index contributed by atoms with van der Waals surface area (Å²) in [6.45, 7) is 2.40. The van der Waals surface area contributed by atoms with Crippen LogP contribution in [0, 0.1) is 11.7 Å². The predicted octanol–water partition coefficient (Wildman–Crippen LogP) is 4.71. The molecule has 210 valence electrons. The molecule has 2 aromatic carbocycles. The van der Waals surface area contributed by atoms with Crippen LogP contribution in [0.3, 0.4) is 0 Å². The molecule has 39 heavy (non-hydrogen) atoms. The van der Waals surface area contributed by atoms with E-state index >= 15 is 0 Å². The van der Waals surface area contributed by atoms with E-state index in [2.05, 4.69) is 4.90 Å². The zero-order valence-electron chi connectivity index (χ0n) is 22.1. The molecule has 0 spiro atoms. The summed E-state index contributed by atoms with van der Waals surface area (Å²) in [4.78, 5) is 45.6. The lowest BCUT2D eigenvalue weighted by molar-refractivity contribution is -1.03. The summed E-state index contributed by atoms with van der Waals surface area (Å²) >= 11 is 0. The van der Waals surface area contributed by atoms with Crippen molar-refractivity contribution in [2.45, 2.75) is 44.6 Å². The normalized spacial score (nSPS) is 18.9. The summed E-state index contributed by atoms with van der Waals surface area (Å²) in [5, 5.41) is 0. The van der Waals surface area contributed by atoms with E-state index in [0.717, 1.165) is 12.8 Å². The lowest BCUT2D eigenvalue weighted by Crippen LogP contribution is -2.57. The van der Waals surface area contributed by atoms with Crippen LogP contribution in [-0.4, -0.2) is 73.0 Å². The second-order valence-electron chi connectivity index (χ2n) is 10.2. The van der Waals surface area contributed by atoms with Crippen molar-refractivity contribution in [3.8, 4) is 5.75 Å². The fourth-order valence-electron chi connectivity index (χ4n) is 5.27. The fraction of sp³-hybridized carbons (Fsp3) is 0.483. The van der Waals surface area contributed by atoms with Crippen LogP contribution in [0.2, 0.25) is 0 Å². The van der Waals surface area contributed by atoms with E-state index in [1.807, 2.05) is 30.3 Å². The molecule has 0 bridgehead atoms. The van der Waals surface area contributed by atoms with E-state index in [9.17, 15) is 18.8 Å². The van der Waals surface area contributed by atoms with Crippen molar-refractivity contribution < 1.29 is 37.7 Å². The van der Waals surface area contributed by atoms with E-state index in [0.29, 0.717) is 69.7 Å². The largest absolute Gasteiger partial charge is 0.559 e. The number of nitrogens with zero attached hydrogens (tertiary/aromatic N) is 2. The molecule has 0 radical (unpaired) electrons. The highest BCUT2D eigenvalue weighted by Crippen LogP contribution is 2.25. The first-order valence-electron chi connectivity index (χ1n) is 13.6. The van der Waals surface area contributed by atoms with Gasteiger partial charge in [0.05, 0.1) is 0 Å². The minimum Gasteiger partial charge on any atom is -0.490 e. The number of ether oxygens (including phenoxy) is 2. The van der Waals surface area contributed by atoms with Gasteiger partial charge in [0.25, 0.3) is 0 Å². The topological polar surface area (TPSA) is 108 Å². The van der Waals surface area contributed by atoms with Crippen LogP contribution in [0.5, 0.6) is 5.75 Å². The van der Waals surface area contributed by atoms with Gasteiger partial charge in [-0.25, -0.2) is 14.0 Å². The smallest absolute Gasteiger partial charge is 0.490 e. The van der Waals surface area contributed by atoms with E-state index in [1.165, 1.54) is 24.3 Å². The molecule has 2 aliphatic heterocycles. The second kappa shape index (κ2) is 13.5. The Morgan fingerprint density at radius 2 is 1.59 bits per heavy atom. The van der Waals surface area contributed by atoms with E-state index in [1.54, 1.807) is 0 Å². The van der Waals surface area contributed by atoms with E-state index in [-0.39, 0.29) is 24.1 Å². The average Bonchev–Trinajstić information content (AvgIpc) is 3.19. The Balaban J connectivity index is 1.41. The van der Waals surface area contributed by atoms with Crippen molar-refractivity contribution >= 4 is 18.0 Å². The number of carbonyl (C=O) groups excluding carboxylic acids is 3. The maximum Gasteiger partial charge on any atom is 0.559 e. The van der Waals surface area contributed by atoms with Gasteiger partial charge in [-0.1, -0.05) is 18.2 Å². The number of amides is 2. The van der Waals surface area contributed by atoms with Gasteiger partial charge in [-0.15, -0.1) is 0 Å². The highest BCUT2D eigenvalue weighted by molar-refractivity contribution is 5.97. The monoisotopic (exact) mass is 542 g/mol. The van der Waals surface area contributed by atoms with Gasteiger partial charge in [0.1, 0.15) is 31.3 Å². The minimum atomic E-state index is -1.01. The quantitative estimate of drug-likeness (QED) is 0.380. The average molecular weight is 543 g/mol. The molecule has 10 heteroatoms. The molecule has 1 atom stereocenters. The zero-order valence-corrected chi connectivity index (χ0v) is 22.1. The molecule has 2 heterocycles. The number of ketones is 1. The Hall–Kier alpha value is -3.50. The third-order valence-electron chi connectivity index (χ3n) is 7.38. The Bertz CT molecular complexity index is 1100. The Labute approximate surface area is 228 Å². The molecule has 0 aromatic heterocycles. The summed E-state index contributed by atoms with van der Waals surface area (Å²) < 4.78 is 24.6. The molecule has 2 aromatic rings. The van der Waals surface area contributed by atoms with Crippen molar-refractivity contribution in [1.82, 2.24) is 4.90 Å². The zero-order chi connectivity index (χ0) is 27.7. The van der Waals surface area contributed by atoms with Gasteiger partial charge in [0.15, 0.2) is 11.9 Å². The predicted molar refractivity (Wildman–Crippen MR) is 141 cm³/mol. The number of rotatable bonds is 8. The number of hydrogen-bond donors (Lipinski definition) is 1. The molecule has 2 saturated heterocycles. The maximum absolute atomic E-state index is 13.5. The number of piperidine rings is 1. The summed E-state index contributed by atoms with van der Waals surface area (Å²) in [6.07, 6.45) is 2.26. The number of halogens is 1. The lowest BCUT2D eigenvalue weighted by atomic mass is 9.89. The van der Waals surface area contributed by atoms with Gasteiger partial charge < -0.3 is 15.2 Å². The van der Waals surface area contributed by atoms with Gasteiger partial charge in [0, 0.05) is 30.9 Å². The SMILES string of the molecule is NC(=O)O[N+]1(C(=O)OC(COc2ccccc2)CN2CCC(C(=O)c3ccc(F)cc3)CC2)CCCCCC1. The van der Waals surface area contributed by atoms with Crippen molar-refractivity contribution in [2.24, 2.45) is 11.7 Å². The molecule has 2 aliphatic rings. The summed E-state index contributed by atoms with van der Waals surface area (Å²) in [7, 11) is 0. The van der Waals surface area contributed by atoms with Crippen LogP contribution in [0.4, 0.5) is 14.0 Å². The standard InChI is InChI=1S/C29H36FN3O6/c30-24-12-10-22(11-13-24)27(34)23-14-16-32(17-15-23)20-26(21-37-25-8-4-3-5-9-25)38-29(36)33(39-28(31)35)18-6-1-2-7-19-33/h3-5,8-13,23,26H,1-2,6-7,14-21H2,(H-,31,35)/p+1. The number of hydroxylamine groups is 3. The molecule has 2 N–H and O–H groups in total. The highest BCUT2D eigenvalue weighted by atomic mass is 19.1. The molecule has 2 fully saturated rings. The van der Waals surface area contributed by atoms with Crippen LogP contribution in [0.25, 0.3) is 0 Å². The van der Waals surface area contributed by atoms with Crippen LogP contribution < -0.4 is 10.5 Å². The van der Waals surface area contributed by atoms with Gasteiger partial charge in [-0.05, 0) is 79.8 Å². The van der Waals surface area contributed by atoms with E-state index < -0.39 is 22.9 Å². The van der Waals surface area contributed by atoms with Crippen LogP contribution >= 0.6 is 0 Å². The number of benzene rings is 2. The van der Waals surface area contributed by atoms with Gasteiger partial charge in [-0.2, -0.15) is 4.79 Å². The van der Waals surface area contributed by atoms with Crippen molar-refractivity contribution in [3.63, 3.8) is 0 Å². The number of para-hydroxylation sites is 1. The molecule has 1 unspecified atom stereocenters. The number of primary amides is 1. The number of carbonyl (C=O) groups is 3. The number of Topliss-reactive ketones (excluding diaryl/α,β-unsaturated/α-hetero) is 1. The second-order valence-corrected chi connectivity index (χ2v) is 10.2. The first-order valence-corrected chi connectivity index (χ1v) is 13.6. The maximum atomic E-state index is 13.5. The van der Waals surface area contributed by atoms with Crippen LogP contribution in [-0.2, 0) is 9.57 Å². The van der Waals surface area contributed by atoms with Crippen molar-refractivity contribution in [2.75, 3.05) is 39.3 Å². The molecule has 0 aliphatic carbocycles. The van der Waals surface area contributed by atoms with Crippen molar-refractivity contribution in [3.05, 3.63) is 66.0 Å². The number of likely N-dealkylation sites (tertiary alicyclic amines) is 2. The first-order chi connectivity index (χ1) is 18.8.